The molecular weight excluding hydrogens is 724 g/mol. The molecule has 2 aromatic carbocycles. The molecule has 13 heteroatoms. The average Bonchev–Trinajstić information content (AvgIpc) is 3.57. The number of aromatic nitrogens is 3. The van der Waals surface area contributed by atoms with Crippen molar-refractivity contribution in [1.82, 2.24) is 19.9 Å². The van der Waals surface area contributed by atoms with Crippen molar-refractivity contribution in [3.8, 4) is 34.5 Å². The third-order valence-corrected chi connectivity index (χ3v) is 18.5. The molecule has 0 spiro atoms. The van der Waals surface area contributed by atoms with Gasteiger partial charge in [-0.1, -0.05) is 53.5 Å². The summed E-state index contributed by atoms with van der Waals surface area (Å²) in [6.45, 7) is 16.9. The average molecular weight is 776 g/mol. The monoisotopic (exact) mass is 775 g/mol. The Bertz CT molecular complexity index is 2150. The van der Waals surface area contributed by atoms with Crippen LogP contribution in [0.4, 0.5) is 19.0 Å². The van der Waals surface area contributed by atoms with Crippen LogP contribution in [0.2, 0.25) is 16.6 Å². The van der Waals surface area contributed by atoms with E-state index in [2.05, 4.69) is 67.9 Å². The van der Waals surface area contributed by atoms with Crippen LogP contribution in [0.3, 0.4) is 0 Å². The van der Waals surface area contributed by atoms with Crippen LogP contribution in [0.1, 0.15) is 73.3 Å². The number of hydrogen-bond acceptors (Lipinski definition) is 9. The third-order valence-electron chi connectivity index (χ3n) is 12.2. The molecule has 5 heterocycles. The summed E-state index contributed by atoms with van der Waals surface area (Å²) in [5.41, 5.74) is 2.82. The van der Waals surface area contributed by atoms with Gasteiger partial charge in [0, 0.05) is 36.7 Å². The van der Waals surface area contributed by atoms with Crippen molar-refractivity contribution in [3.63, 3.8) is 0 Å². The van der Waals surface area contributed by atoms with Gasteiger partial charge < -0.3 is 24.6 Å². The molecule has 0 radical (unpaired) electrons. The van der Waals surface area contributed by atoms with Crippen LogP contribution in [0.25, 0.3) is 32.9 Å². The minimum atomic E-state index is -2.30. The first-order valence-corrected chi connectivity index (χ1v) is 21.7. The number of β-amino-alcohol motifs (C(OH)–C–C–N with tert-alkyl or cyclic N) is 1. The lowest BCUT2D eigenvalue weighted by atomic mass is 9.95. The van der Waals surface area contributed by atoms with Gasteiger partial charge in [-0.05, 0) is 66.5 Å². The minimum Gasteiger partial charge on any atom is -0.508 e. The van der Waals surface area contributed by atoms with E-state index in [0.717, 1.165) is 19.4 Å². The normalized spacial score (nSPS) is 23.5. The fourth-order valence-electron chi connectivity index (χ4n) is 9.68. The van der Waals surface area contributed by atoms with E-state index in [1.54, 1.807) is 17.9 Å². The van der Waals surface area contributed by atoms with Gasteiger partial charge >= 0.3 is 6.01 Å². The van der Waals surface area contributed by atoms with E-state index in [4.69, 9.17) is 14.5 Å². The van der Waals surface area contributed by atoms with Crippen LogP contribution in [-0.4, -0.2) is 101 Å². The number of rotatable bonds is 8. The van der Waals surface area contributed by atoms with Gasteiger partial charge in [0.25, 0.3) is 0 Å². The Hall–Kier alpha value is -3.96. The first-order valence-electron chi connectivity index (χ1n) is 19.5. The quantitative estimate of drug-likeness (QED) is 0.136. The number of halogens is 3. The summed E-state index contributed by atoms with van der Waals surface area (Å²) in [4.78, 5) is 17.9. The molecule has 7 rings (SSSR count). The van der Waals surface area contributed by atoms with E-state index in [0.29, 0.717) is 59.3 Å². The van der Waals surface area contributed by atoms with Crippen LogP contribution < -0.4 is 9.64 Å². The molecule has 3 atom stereocenters. The topological polar surface area (TPSA) is 104 Å². The maximum absolute atomic E-state index is 17.3. The number of pyridine rings is 1. The zero-order chi connectivity index (χ0) is 39.4. The van der Waals surface area contributed by atoms with Gasteiger partial charge in [0.1, 0.15) is 55.0 Å². The third kappa shape index (κ3) is 7.15. The molecule has 55 heavy (non-hydrogen) atoms. The summed E-state index contributed by atoms with van der Waals surface area (Å²) in [6.07, 6.45) is 2.53. The van der Waals surface area contributed by atoms with Crippen LogP contribution >= 0.6 is 0 Å². The highest BCUT2D eigenvalue weighted by molar-refractivity contribution is 6.90. The summed E-state index contributed by atoms with van der Waals surface area (Å²) < 4.78 is 59.9. The summed E-state index contributed by atoms with van der Waals surface area (Å²) in [7, 11) is -2.30. The first-order chi connectivity index (χ1) is 26.0. The molecule has 1 unspecified atom stereocenters. The minimum absolute atomic E-state index is 0.0948. The SMILES string of the molecule is CC(C)[Si](C#Cc1c(F)ccc2cc(O)cc(-c3ncc4c(N5CCOCC(C)(O)C5)nc(OC[C@@]56CCCN5C[C@H](F)C6)nc4c3F)c12)(C(C)C)C(C)C. The Morgan fingerprint density at radius 2 is 1.82 bits per heavy atom. The standard InChI is InChI=1S/C42H52F3N5O4Si/c1-25(2)55(26(3)4,27(5)6)16-11-31-34(44)10-9-28-17-30(51)18-32(35(28)31)37-36(45)38-33(20-46-37)39(49-14-15-53-23-41(7,52)22-49)48-40(47-38)54-24-42-12-8-13-50(42)21-29(43)19-42/h9-10,17-18,20,25-27,29,51-52H,8,12-15,19,21-24H2,1-7H3/t29-,41?,42+/m1/s1. The highest BCUT2D eigenvalue weighted by Gasteiger charge is 2.49. The lowest BCUT2D eigenvalue weighted by molar-refractivity contribution is -0.0123. The number of hydrogen-bond donors (Lipinski definition) is 2. The maximum Gasteiger partial charge on any atom is 0.319 e. The molecule has 0 aliphatic carbocycles. The van der Waals surface area contributed by atoms with Gasteiger partial charge in [0.05, 0.1) is 36.2 Å². The molecule has 9 nitrogen and oxygen atoms in total. The smallest absolute Gasteiger partial charge is 0.319 e. The van der Waals surface area contributed by atoms with Crippen molar-refractivity contribution >= 4 is 35.6 Å². The second-order valence-electron chi connectivity index (χ2n) is 17.0. The summed E-state index contributed by atoms with van der Waals surface area (Å²) in [5.74, 6) is 2.04. The summed E-state index contributed by atoms with van der Waals surface area (Å²) in [6, 6.07) is 5.67. The Labute approximate surface area is 322 Å². The van der Waals surface area contributed by atoms with Gasteiger partial charge in [-0.2, -0.15) is 9.97 Å². The highest BCUT2D eigenvalue weighted by atomic mass is 28.3. The lowest BCUT2D eigenvalue weighted by Crippen LogP contribution is -2.44. The van der Waals surface area contributed by atoms with Gasteiger partial charge in [-0.3, -0.25) is 9.88 Å². The fraction of sp³-hybridized carbons (Fsp3) is 0.548. The lowest BCUT2D eigenvalue weighted by Gasteiger charge is -2.38. The summed E-state index contributed by atoms with van der Waals surface area (Å²) in [5, 5.41) is 23.1. The van der Waals surface area contributed by atoms with Crippen molar-refractivity contribution in [3.05, 3.63) is 47.7 Å². The highest BCUT2D eigenvalue weighted by Crippen LogP contribution is 2.43. The van der Waals surface area contributed by atoms with Crippen LogP contribution in [0.5, 0.6) is 11.8 Å². The van der Waals surface area contributed by atoms with Gasteiger partial charge in [0.15, 0.2) is 5.82 Å². The second kappa shape index (κ2) is 14.8. The van der Waals surface area contributed by atoms with E-state index >= 15 is 8.78 Å². The van der Waals surface area contributed by atoms with E-state index < -0.39 is 37.0 Å². The van der Waals surface area contributed by atoms with Crippen LogP contribution in [0, 0.1) is 23.1 Å². The molecule has 4 aromatic rings. The number of ether oxygens (including phenoxy) is 2. The number of benzene rings is 2. The molecule has 2 aromatic heterocycles. The summed E-state index contributed by atoms with van der Waals surface area (Å²) >= 11 is 0. The van der Waals surface area contributed by atoms with Crippen molar-refractivity contribution in [2.75, 3.05) is 50.9 Å². The molecule has 0 bridgehead atoms. The largest absolute Gasteiger partial charge is 0.508 e. The number of anilines is 1. The number of alkyl halides is 1. The zero-order valence-corrected chi connectivity index (χ0v) is 33.8. The molecule has 3 fully saturated rings. The molecule has 0 amide bonds. The Morgan fingerprint density at radius 1 is 1.07 bits per heavy atom. The molecular formula is C42H52F3N5O4Si. The number of nitrogens with zero attached hydrogens (tertiary/aromatic N) is 5. The zero-order valence-electron chi connectivity index (χ0n) is 32.8. The number of phenols is 1. The molecule has 3 saturated heterocycles. The Morgan fingerprint density at radius 3 is 2.55 bits per heavy atom. The van der Waals surface area contributed by atoms with Crippen molar-refractivity contribution in [2.24, 2.45) is 0 Å². The van der Waals surface area contributed by atoms with Gasteiger partial charge in [-0.15, -0.1) is 5.54 Å². The van der Waals surface area contributed by atoms with Crippen molar-refractivity contribution in [1.29, 1.82) is 0 Å². The van der Waals surface area contributed by atoms with E-state index in [1.165, 1.54) is 24.4 Å². The number of aromatic hydroxyl groups is 1. The fourth-order valence-corrected chi connectivity index (χ4v) is 14.9. The van der Waals surface area contributed by atoms with E-state index in [-0.39, 0.29) is 59.2 Å². The predicted molar refractivity (Wildman–Crippen MR) is 212 cm³/mol. The molecule has 294 valence electrons. The van der Waals surface area contributed by atoms with E-state index in [9.17, 15) is 14.6 Å². The maximum atomic E-state index is 17.3. The van der Waals surface area contributed by atoms with E-state index in [1.807, 2.05) is 0 Å². The molecule has 3 aliphatic heterocycles. The van der Waals surface area contributed by atoms with Crippen molar-refractivity contribution < 1.29 is 32.9 Å². The number of fused-ring (bicyclic) bond motifs is 3. The Balaban J connectivity index is 1.41. The second-order valence-corrected chi connectivity index (χ2v) is 22.6. The van der Waals surface area contributed by atoms with Gasteiger partial charge in [0.2, 0.25) is 0 Å². The predicted octanol–water partition coefficient (Wildman–Crippen LogP) is 7.94. The number of aliphatic hydroxyl groups is 1. The van der Waals surface area contributed by atoms with Crippen LogP contribution in [0.15, 0.2) is 30.5 Å². The molecule has 3 aliphatic rings. The first kappa shape index (κ1) is 39.3. The number of phenolic OH excluding ortho intramolecular Hbond substituents is 1. The molecule has 2 N–H and O–H groups in total. The van der Waals surface area contributed by atoms with Gasteiger partial charge in [-0.25, -0.2) is 13.2 Å². The van der Waals surface area contributed by atoms with Crippen molar-refractivity contribution in [2.45, 2.75) is 102 Å². The Kier molecular flexibility index (Phi) is 10.6. The van der Waals surface area contributed by atoms with Crippen LogP contribution in [-0.2, 0) is 4.74 Å². The molecule has 0 saturated carbocycles.